The number of oxime groups is 1. The number of H-pyrrole nitrogens is 1. The molecule has 0 fully saturated rings. The van der Waals surface area contributed by atoms with Crippen LogP contribution >= 0.6 is 0 Å². The molecule has 1 heterocycles. The van der Waals surface area contributed by atoms with Crippen LogP contribution in [-0.4, -0.2) is 27.4 Å². The largest absolute Gasteiger partial charge is 0.507 e. The van der Waals surface area contributed by atoms with E-state index in [2.05, 4.69) is 15.1 Å². The number of para-hydroxylation sites is 2. The smallest absolute Gasteiger partial charge is 0.175 e. The molecule has 26 heavy (non-hydrogen) atoms. The predicted octanol–water partition coefficient (Wildman–Crippen LogP) is 4.10. The van der Waals surface area contributed by atoms with E-state index in [0.717, 1.165) is 22.2 Å². The van der Waals surface area contributed by atoms with E-state index in [1.807, 2.05) is 68.4 Å². The van der Waals surface area contributed by atoms with Crippen LogP contribution in [0.2, 0.25) is 0 Å². The summed E-state index contributed by atoms with van der Waals surface area (Å²) in [5, 5.41) is 23.6. The van der Waals surface area contributed by atoms with Crippen molar-refractivity contribution in [2.75, 3.05) is 6.61 Å². The fraction of sp³-hybridized carbons (Fsp3) is 0.150. The zero-order valence-electron chi connectivity index (χ0n) is 14.5. The van der Waals surface area contributed by atoms with Crippen LogP contribution in [0.4, 0.5) is 0 Å². The molecule has 130 valence electrons. The summed E-state index contributed by atoms with van der Waals surface area (Å²) < 4.78 is 0. The number of nitriles is 1. The number of hydrogen-bond donors (Lipinski definition) is 2. The standard InChI is InChI=1S/C20H18N4O2/c1-13-7-9-15(10-8-13)14(2)24-26-12-19(25)16(11-21)20-22-17-5-3-4-6-18(17)23-20/h3-10,25H,12H2,1-2H3,(H,22,23). The Hall–Kier alpha value is -3.59. The van der Waals surface area contributed by atoms with Gasteiger partial charge in [-0.1, -0.05) is 47.1 Å². The maximum Gasteiger partial charge on any atom is 0.175 e. The molecule has 0 saturated carbocycles. The predicted molar refractivity (Wildman–Crippen MR) is 101 cm³/mol. The Morgan fingerprint density at radius 3 is 2.65 bits per heavy atom. The van der Waals surface area contributed by atoms with E-state index in [1.54, 1.807) is 0 Å². The number of imidazole rings is 1. The van der Waals surface area contributed by atoms with Gasteiger partial charge in [0.1, 0.15) is 11.6 Å². The quantitative estimate of drug-likeness (QED) is 0.315. The second-order valence-electron chi connectivity index (χ2n) is 5.85. The van der Waals surface area contributed by atoms with Gasteiger partial charge in [0.25, 0.3) is 0 Å². The molecule has 0 aliphatic carbocycles. The minimum absolute atomic E-state index is 0.0318. The lowest BCUT2D eigenvalue weighted by molar-refractivity contribution is 0.137. The van der Waals surface area contributed by atoms with Crippen LogP contribution in [0.15, 0.2) is 59.4 Å². The van der Waals surface area contributed by atoms with Crippen molar-refractivity contribution in [3.8, 4) is 6.07 Å². The topological polar surface area (TPSA) is 94.3 Å². The maximum absolute atomic E-state index is 10.2. The third-order valence-corrected chi connectivity index (χ3v) is 3.90. The van der Waals surface area contributed by atoms with Crippen molar-refractivity contribution in [2.24, 2.45) is 5.16 Å². The highest BCUT2D eigenvalue weighted by molar-refractivity contribution is 5.98. The van der Waals surface area contributed by atoms with Crippen LogP contribution in [0.25, 0.3) is 16.6 Å². The molecular formula is C20H18N4O2. The lowest BCUT2D eigenvalue weighted by Crippen LogP contribution is -2.01. The first-order valence-corrected chi connectivity index (χ1v) is 8.09. The Morgan fingerprint density at radius 2 is 1.96 bits per heavy atom. The number of hydrogen-bond acceptors (Lipinski definition) is 5. The van der Waals surface area contributed by atoms with Crippen LogP contribution in [0.3, 0.4) is 0 Å². The summed E-state index contributed by atoms with van der Waals surface area (Å²) in [6.07, 6.45) is 0. The molecule has 6 heteroatoms. The Balaban J connectivity index is 1.75. The molecular weight excluding hydrogens is 328 g/mol. The highest BCUT2D eigenvalue weighted by Crippen LogP contribution is 2.18. The fourth-order valence-electron chi connectivity index (χ4n) is 2.44. The summed E-state index contributed by atoms with van der Waals surface area (Å²) in [6, 6.07) is 17.2. The van der Waals surface area contributed by atoms with E-state index in [4.69, 9.17) is 4.84 Å². The first-order valence-electron chi connectivity index (χ1n) is 8.09. The van der Waals surface area contributed by atoms with Crippen molar-refractivity contribution in [3.05, 3.63) is 71.2 Å². The Morgan fingerprint density at radius 1 is 1.23 bits per heavy atom. The molecule has 0 radical (unpaired) electrons. The monoisotopic (exact) mass is 346 g/mol. The summed E-state index contributed by atoms with van der Waals surface area (Å²) in [5.74, 6) is 0.0704. The van der Waals surface area contributed by atoms with Crippen LogP contribution in [0, 0.1) is 18.3 Å². The molecule has 6 nitrogen and oxygen atoms in total. The number of aromatic nitrogens is 2. The molecule has 0 atom stereocenters. The van der Waals surface area contributed by atoms with Gasteiger partial charge in [0.05, 0.1) is 16.7 Å². The number of aliphatic hydroxyl groups excluding tert-OH is 1. The molecule has 2 aromatic carbocycles. The minimum Gasteiger partial charge on any atom is -0.507 e. The van der Waals surface area contributed by atoms with Crippen LogP contribution < -0.4 is 0 Å². The highest BCUT2D eigenvalue weighted by atomic mass is 16.6. The zero-order valence-corrected chi connectivity index (χ0v) is 14.5. The van der Waals surface area contributed by atoms with E-state index in [-0.39, 0.29) is 17.9 Å². The maximum atomic E-state index is 10.2. The number of aliphatic hydroxyl groups is 1. The molecule has 3 rings (SSSR count). The number of rotatable bonds is 5. The van der Waals surface area contributed by atoms with Gasteiger partial charge in [-0.3, -0.25) is 0 Å². The average Bonchev–Trinajstić information content (AvgIpc) is 3.06. The molecule has 0 spiro atoms. The molecule has 3 aromatic rings. The number of nitrogens with zero attached hydrogens (tertiary/aromatic N) is 3. The van der Waals surface area contributed by atoms with Crippen LogP contribution in [0.1, 0.15) is 23.9 Å². The van der Waals surface area contributed by atoms with E-state index in [0.29, 0.717) is 11.5 Å². The lowest BCUT2D eigenvalue weighted by atomic mass is 10.1. The van der Waals surface area contributed by atoms with Crippen molar-refractivity contribution in [1.29, 1.82) is 5.26 Å². The second kappa shape index (κ2) is 7.53. The zero-order chi connectivity index (χ0) is 18.5. The third-order valence-electron chi connectivity index (χ3n) is 3.90. The summed E-state index contributed by atoms with van der Waals surface area (Å²) in [5.41, 5.74) is 4.31. The van der Waals surface area contributed by atoms with Gasteiger partial charge in [-0.25, -0.2) is 4.98 Å². The van der Waals surface area contributed by atoms with E-state index < -0.39 is 0 Å². The van der Waals surface area contributed by atoms with Gasteiger partial charge in [0, 0.05) is 0 Å². The van der Waals surface area contributed by atoms with E-state index in [9.17, 15) is 10.4 Å². The fourth-order valence-corrected chi connectivity index (χ4v) is 2.44. The van der Waals surface area contributed by atoms with Gasteiger partial charge in [0.2, 0.25) is 0 Å². The summed E-state index contributed by atoms with van der Waals surface area (Å²) in [7, 11) is 0. The number of allylic oxidation sites excluding steroid dienone is 1. The summed E-state index contributed by atoms with van der Waals surface area (Å²) in [6.45, 7) is 3.61. The molecule has 0 aliphatic heterocycles. The number of aryl methyl sites for hydroxylation is 1. The Labute approximate surface area is 151 Å². The first kappa shape index (κ1) is 17.2. The molecule has 0 amide bonds. The normalized spacial score (nSPS) is 12.6. The van der Waals surface area contributed by atoms with Crippen molar-refractivity contribution in [1.82, 2.24) is 9.97 Å². The van der Waals surface area contributed by atoms with Gasteiger partial charge >= 0.3 is 0 Å². The van der Waals surface area contributed by atoms with Gasteiger partial charge in [-0.2, -0.15) is 5.26 Å². The van der Waals surface area contributed by atoms with Crippen LogP contribution in [-0.2, 0) is 4.84 Å². The molecule has 0 bridgehead atoms. The second-order valence-corrected chi connectivity index (χ2v) is 5.85. The molecule has 0 unspecified atom stereocenters. The number of benzene rings is 2. The van der Waals surface area contributed by atoms with Gasteiger partial charge < -0.3 is 14.9 Å². The van der Waals surface area contributed by atoms with E-state index >= 15 is 0 Å². The number of nitrogens with one attached hydrogen (secondary N) is 1. The Bertz CT molecular complexity index is 991. The third kappa shape index (κ3) is 3.73. The minimum atomic E-state index is -0.230. The number of aromatic amines is 1. The molecule has 1 aromatic heterocycles. The molecule has 0 saturated heterocycles. The highest BCUT2D eigenvalue weighted by Gasteiger charge is 2.13. The van der Waals surface area contributed by atoms with Crippen LogP contribution in [0.5, 0.6) is 0 Å². The van der Waals surface area contributed by atoms with Gasteiger partial charge in [0.15, 0.2) is 18.2 Å². The molecule has 2 N–H and O–H groups in total. The summed E-state index contributed by atoms with van der Waals surface area (Å²) in [4.78, 5) is 12.5. The lowest BCUT2D eigenvalue weighted by Gasteiger charge is -2.04. The first-order chi connectivity index (χ1) is 12.6. The Kier molecular flexibility index (Phi) is 4.99. The average molecular weight is 346 g/mol. The summed E-state index contributed by atoms with van der Waals surface area (Å²) >= 11 is 0. The van der Waals surface area contributed by atoms with Gasteiger partial charge in [-0.15, -0.1) is 0 Å². The van der Waals surface area contributed by atoms with Crippen molar-refractivity contribution >= 4 is 22.3 Å². The van der Waals surface area contributed by atoms with E-state index in [1.165, 1.54) is 0 Å². The number of fused-ring (bicyclic) bond motifs is 1. The van der Waals surface area contributed by atoms with Gasteiger partial charge in [-0.05, 0) is 31.5 Å². The molecule has 0 aliphatic rings. The van der Waals surface area contributed by atoms with Crippen molar-refractivity contribution < 1.29 is 9.94 Å². The van der Waals surface area contributed by atoms with Crippen molar-refractivity contribution in [2.45, 2.75) is 13.8 Å². The SMILES string of the molecule is CC(=NOCC(O)=C(C#N)c1nc2ccccc2[nH]1)c1ccc(C)cc1. The van der Waals surface area contributed by atoms with Crippen molar-refractivity contribution in [3.63, 3.8) is 0 Å².